The number of ether oxygens (including phenoxy) is 2. The summed E-state index contributed by atoms with van der Waals surface area (Å²) >= 11 is 0. The van der Waals surface area contributed by atoms with Crippen molar-refractivity contribution in [2.24, 2.45) is 11.8 Å². The Morgan fingerprint density at radius 2 is 2.04 bits per heavy atom. The molecule has 0 radical (unpaired) electrons. The number of aromatic nitrogens is 1. The molecule has 1 N–H and O–H groups in total. The molecule has 1 aromatic heterocycles. The van der Waals surface area contributed by atoms with Crippen LogP contribution in [-0.2, 0) is 14.3 Å². The molecule has 3 atom stereocenters. The Kier molecular flexibility index (Phi) is 6.43. The van der Waals surface area contributed by atoms with E-state index >= 15 is 0 Å². The van der Waals surface area contributed by atoms with E-state index in [0.717, 1.165) is 56.9 Å². The smallest absolute Gasteiger partial charge is 0.223 e. The highest BCUT2D eigenvalue weighted by Crippen LogP contribution is 2.31. The van der Waals surface area contributed by atoms with E-state index in [4.69, 9.17) is 14.5 Å². The predicted octanol–water partition coefficient (Wildman–Crippen LogP) is 3.46. The third-order valence-electron chi connectivity index (χ3n) is 5.54. The predicted molar refractivity (Wildman–Crippen MR) is 98.4 cm³/mol. The molecule has 3 rings (SSSR count). The van der Waals surface area contributed by atoms with Gasteiger partial charge in [0.05, 0.1) is 18.3 Å². The minimum atomic E-state index is -0.0659. The number of carbonyl (C=O) groups excluding carboxylic acids is 1. The molecule has 1 amide bonds. The van der Waals surface area contributed by atoms with Gasteiger partial charge < -0.3 is 14.8 Å². The number of hydrogen-bond donors (Lipinski definition) is 1. The zero-order chi connectivity index (χ0) is 17.6. The molecular weight excluding hydrogens is 316 g/mol. The van der Waals surface area contributed by atoms with Crippen molar-refractivity contribution in [3.8, 4) is 0 Å². The average Bonchev–Trinajstić information content (AvgIpc) is 3.20. The summed E-state index contributed by atoms with van der Waals surface area (Å²) in [6.07, 6.45) is 3.85. The lowest BCUT2D eigenvalue weighted by atomic mass is 9.92. The van der Waals surface area contributed by atoms with Crippen LogP contribution in [0.5, 0.6) is 0 Å². The van der Waals surface area contributed by atoms with E-state index < -0.39 is 0 Å². The highest BCUT2D eigenvalue weighted by atomic mass is 16.5. The molecule has 2 saturated heterocycles. The first-order valence-electron chi connectivity index (χ1n) is 9.61. The summed E-state index contributed by atoms with van der Waals surface area (Å²) in [5.41, 5.74) is 2.10. The van der Waals surface area contributed by atoms with Crippen molar-refractivity contribution in [2.45, 2.75) is 51.5 Å². The second-order valence-electron chi connectivity index (χ2n) is 7.29. The van der Waals surface area contributed by atoms with E-state index in [1.807, 2.05) is 19.9 Å². The summed E-state index contributed by atoms with van der Waals surface area (Å²) in [4.78, 5) is 17.5. The van der Waals surface area contributed by atoms with Crippen molar-refractivity contribution in [1.82, 2.24) is 10.3 Å². The Labute approximate surface area is 152 Å². The molecule has 2 aliphatic rings. The molecule has 25 heavy (non-hydrogen) atoms. The lowest BCUT2D eigenvalue weighted by Gasteiger charge is -2.27. The first-order valence-corrected chi connectivity index (χ1v) is 9.61. The lowest BCUT2D eigenvalue weighted by Crippen LogP contribution is -2.37. The Hall–Kier alpha value is -1.46. The summed E-state index contributed by atoms with van der Waals surface area (Å²) in [6, 6.07) is 6.16. The fourth-order valence-electron chi connectivity index (χ4n) is 3.59. The Bertz CT molecular complexity index is 572. The summed E-state index contributed by atoms with van der Waals surface area (Å²) in [5, 5.41) is 3.25. The third kappa shape index (κ3) is 4.59. The zero-order valence-corrected chi connectivity index (χ0v) is 15.4. The van der Waals surface area contributed by atoms with Crippen LogP contribution in [0.3, 0.4) is 0 Å². The Balaban J connectivity index is 0.00000243. The van der Waals surface area contributed by atoms with Crippen molar-refractivity contribution < 1.29 is 15.7 Å². The number of hydrogen-bond acceptors (Lipinski definition) is 4. The van der Waals surface area contributed by atoms with Crippen LogP contribution in [0.1, 0.15) is 64.3 Å². The van der Waals surface area contributed by atoms with E-state index in [0.29, 0.717) is 18.4 Å². The van der Waals surface area contributed by atoms with E-state index in [-0.39, 0.29) is 19.3 Å². The molecule has 2 aliphatic heterocycles. The van der Waals surface area contributed by atoms with Crippen molar-refractivity contribution in [2.75, 3.05) is 26.4 Å². The van der Waals surface area contributed by atoms with Gasteiger partial charge in [-0.2, -0.15) is 0 Å². The van der Waals surface area contributed by atoms with Crippen molar-refractivity contribution in [3.63, 3.8) is 0 Å². The van der Waals surface area contributed by atoms with Crippen LogP contribution in [0.4, 0.5) is 0 Å². The van der Waals surface area contributed by atoms with Crippen LogP contribution in [0.15, 0.2) is 18.2 Å². The van der Waals surface area contributed by atoms with Crippen LogP contribution in [0.2, 0.25) is 0 Å². The van der Waals surface area contributed by atoms with Crippen molar-refractivity contribution >= 4 is 5.91 Å². The van der Waals surface area contributed by atoms with Gasteiger partial charge in [-0.25, -0.2) is 0 Å². The Morgan fingerprint density at radius 3 is 2.72 bits per heavy atom. The molecule has 0 spiro atoms. The van der Waals surface area contributed by atoms with E-state index in [9.17, 15) is 4.79 Å². The fraction of sp³-hybridized carbons (Fsp3) is 0.700. The zero-order valence-electron chi connectivity index (χ0n) is 15.4. The van der Waals surface area contributed by atoms with Gasteiger partial charge in [0.2, 0.25) is 5.91 Å². The maximum absolute atomic E-state index is 12.5. The molecule has 1 aromatic rings. The van der Waals surface area contributed by atoms with Crippen LogP contribution < -0.4 is 5.32 Å². The van der Waals surface area contributed by atoms with Crippen molar-refractivity contribution in [3.05, 3.63) is 29.6 Å². The molecule has 140 valence electrons. The highest BCUT2D eigenvalue weighted by Gasteiger charge is 2.31. The molecule has 0 bridgehead atoms. The molecule has 0 aliphatic carbocycles. The van der Waals surface area contributed by atoms with Gasteiger partial charge in [0, 0.05) is 44.7 Å². The second kappa shape index (κ2) is 8.77. The fourth-order valence-corrected chi connectivity index (χ4v) is 3.59. The van der Waals surface area contributed by atoms with Gasteiger partial charge in [-0.15, -0.1) is 0 Å². The van der Waals surface area contributed by atoms with E-state index in [1.165, 1.54) is 0 Å². The van der Waals surface area contributed by atoms with Gasteiger partial charge in [0.25, 0.3) is 0 Å². The number of rotatable bonds is 6. The van der Waals surface area contributed by atoms with Crippen molar-refractivity contribution in [1.29, 1.82) is 0 Å². The van der Waals surface area contributed by atoms with Gasteiger partial charge in [0.15, 0.2) is 0 Å². The maximum Gasteiger partial charge on any atom is 0.223 e. The SMILES string of the molecule is CCC(C)C(=O)NC(c1cccc(C2CCOCC2)n1)C1CCOC1.[HH]. The summed E-state index contributed by atoms with van der Waals surface area (Å²) < 4.78 is 11.0. The first kappa shape index (κ1) is 18.3. The van der Waals surface area contributed by atoms with Crippen LogP contribution in [0, 0.1) is 11.8 Å². The minimum absolute atomic E-state index is 0. The number of amides is 1. The quantitative estimate of drug-likeness (QED) is 0.855. The second-order valence-corrected chi connectivity index (χ2v) is 7.29. The van der Waals surface area contributed by atoms with Crippen LogP contribution in [-0.4, -0.2) is 37.3 Å². The monoisotopic (exact) mass is 348 g/mol. The largest absolute Gasteiger partial charge is 0.381 e. The lowest BCUT2D eigenvalue weighted by molar-refractivity contribution is -0.125. The standard InChI is InChI=1S/C20H30N2O3.H2/c1-3-14(2)20(23)22-19(16-9-12-25-13-16)18-6-4-5-17(21-18)15-7-10-24-11-8-15;/h4-6,14-16,19H,3,7-13H2,1-2H3,(H,22,23);1H. The van der Waals surface area contributed by atoms with Gasteiger partial charge in [-0.3, -0.25) is 9.78 Å². The molecule has 5 nitrogen and oxygen atoms in total. The summed E-state index contributed by atoms with van der Waals surface area (Å²) in [7, 11) is 0. The molecule has 2 fully saturated rings. The average molecular weight is 348 g/mol. The Morgan fingerprint density at radius 1 is 1.28 bits per heavy atom. The number of pyridine rings is 1. The van der Waals surface area contributed by atoms with Gasteiger partial charge >= 0.3 is 0 Å². The topological polar surface area (TPSA) is 60.5 Å². The van der Waals surface area contributed by atoms with E-state index in [1.54, 1.807) is 0 Å². The molecule has 3 unspecified atom stereocenters. The molecule has 0 aromatic carbocycles. The molecule has 5 heteroatoms. The first-order chi connectivity index (χ1) is 12.2. The molecule has 0 saturated carbocycles. The van der Waals surface area contributed by atoms with Gasteiger partial charge in [-0.1, -0.05) is 19.9 Å². The van der Waals surface area contributed by atoms with E-state index in [2.05, 4.69) is 17.4 Å². The normalized spacial score (nSPS) is 24.0. The highest BCUT2D eigenvalue weighted by molar-refractivity contribution is 5.78. The number of nitrogens with zero attached hydrogens (tertiary/aromatic N) is 1. The minimum Gasteiger partial charge on any atom is -0.381 e. The summed E-state index contributed by atoms with van der Waals surface area (Å²) in [6.45, 7) is 7.09. The molecular formula is C20H32N2O3. The maximum atomic E-state index is 12.5. The summed E-state index contributed by atoms with van der Waals surface area (Å²) in [5.74, 6) is 0.881. The third-order valence-corrected chi connectivity index (χ3v) is 5.54. The number of carbonyl (C=O) groups is 1. The van der Waals surface area contributed by atoms with Gasteiger partial charge in [-0.05, 0) is 37.8 Å². The van der Waals surface area contributed by atoms with Crippen LogP contribution in [0.25, 0.3) is 0 Å². The number of nitrogens with one attached hydrogen (secondary N) is 1. The van der Waals surface area contributed by atoms with Crippen LogP contribution >= 0.6 is 0 Å². The molecule has 3 heterocycles. The van der Waals surface area contributed by atoms with Gasteiger partial charge in [0.1, 0.15) is 0 Å².